The minimum atomic E-state index is -4.89. The van der Waals surface area contributed by atoms with Gasteiger partial charge in [0, 0.05) is 6.42 Å². The molecule has 0 aliphatic heterocycles. The third kappa shape index (κ3) is 5.47. The van der Waals surface area contributed by atoms with Crippen molar-refractivity contribution in [2.45, 2.75) is 56.7 Å². The van der Waals surface area contributed by atoms with E-state index in [1.54, 1.807) is 20.8 Å². The van der Waals surface area contributed by atoms with Crippen LogP contribution in [0.4, 0.5) is 17.6 Å². The Labute approximate surface area is 148 Å². The number of pyridine rings is 1. The zero-order valence-electron chi connectivity index (χ0n) is 13.5. The summed E-state index contributed by atoms with van der Waals surface area (Å²) in [6.45, 7) is 6.06. The van der Waals surface area contributed by atoms with Crippen molar-refractivity contribution in [3.8, 4) is 0 Å². The van der Waals surface area contributed by atoms with Crippen LogP contribution in [0.15, 0.2) is 16.7 Å². The van der Waals surface area contributed by atoms with Gasteiger partial charge in [0.15, 0.2) is 6.10 Å². The Morgan fingerprint density at radius 1 is 1.29 bits per heavy atom. The highest BCUT2D eigenvalue weighted by Crippen LogP contribution is 2.34. The molecule has 1 heterocycles. The molecule has 1 aromatic heterocycles. The predicted octanol–water partition coefficient (Wildman–Crippen LogP) is 3.56. The maximum absolute atomic E-state index is 14.2. The van der Waals surface area contributed by atoms with Crippen LogP contribution in [0.5, 0.6) is 0 Å². The first-order valence-electron chi connectivity index (χ1n) is 6.94. The van der Waals surface area contributed by atoms with Crippen molar-refractivity contribution < 1.29 is 26.9 Å². The molecular formula is C14H19BrF4N2O2S. The number of rotatable bonds is 5. The van der Waals surface area contributed by atoms with Gasteiger partial charge < -0.3 is 5.11 Å². The summed E-state index contributed by atoms with van der Waals surface area (Å²) in [5.74, 6) is -0.867. The van der Waals surface area contributed by atoms with Crippen molar-refractivity contribution in [1.29, 1.82) is 0 Å². The summed E-state index contributed by atoms with van der Waals surface area (Å²) in [7, 11) is -1.82. The van der Waals surface area contributed by atoms with E-state index in [1.165, 1.54) is 13.0 Å². The molecule has 0 aliphatic carbocycles. The van der Waals surface area contributed by atoms with Crippen LogP contribution in [0.25, 0.3) is 0 Å². The van der Waals surface area contributed by atoms with Crippen molar-refractivity contribution in [2.24, 2.45) is 0 Å². The molecule has 138 valence electrons. The van der Waals surface area contributed by atoms with Gasteiger partial charge >= 0.3 is 6.18 Å². The van der Waals surface area contributed by atoms with E-state index in [0.717, 1.165) is 6.07 Å². The van der Waals surface area contributed by atoms with E-state index in [1.807, 2.05) is 0 Å². The first-order valence-corrected chi connectivity index (χ1v) is 8.88. The smallest absolute Gasteiger partial charge is 0.384 e. The number of aliphatic hydroxyl groups excluding tert-OH is 1. The lowest BCUT2D eigenvalue weighted by atomic mass is 9.90. The lowest BCUT2D eigenvalue weighted by Gasteiger charge is -2.35. The van der Waals surface area contributed by atoms with Crippen LogP contribution >= 0.6 is 15.9 Å². The molecule has 1 unspecified atom stereocenters. The lowest BCUT2D eigenvalue weighted by molar-refractivity contribution is -0.209. The molecule has 1 aromatic rings. The second-order valence-electron chi connectivity index (χ2n) is 6.54. The average Bonchev–Trinajstić information content (AvgIpc) is 2.39. The van der Waals surface area contributed by atoms with Crippen LogP contribution in [0, 0.1) is 5.82 Å². The van der Waals surface area contributed by atoms with Crippen molar-refractivity contribution in [2.75, 3.05) is 0 Å². The summed E-state index contributed by atoms with van der Waals surface area (Å²) in [6.07, 6.45) is -8.57. The highest BCUT2D eigenvalue weighted by atomic mass is 79.9. The van der Waals surface area contributed by atoms with E-state index >= 15 is 0 Å². The van der Waals surface area contributed by atoms with Crippen molar-refractivity contribution >= 4 is 26.9 Å². The zero-order chi connectivity index (χ0) is 18.9. The van der Waals surface area contributed by atoms with Gasteiger partial charge in [0.25, 0.3) is 0 Å². The van der Waals surface area contributed by atoms with Crippen molar-refractivity contribution in [3.05, 3.63) is 28.2 Å². The number of nitrogens with one attached hydrogen (secondary N) is 1. The van der Waals surface area contributed by atoms with Crippen molar-refractivity contribution in [1.82, 2.24) is 9.71 Å². The van der Waals surface area contributed by atoms with Gasteiger partial charge in [-0.2, -0.15) is 13.2 Å². The molecule has 0 radical (unpaired) electrons. The highest BCUT2D eigenvalue weighted by Gasteiger charge is 2.46. The molecule has 10 heteroatoms. The van der Waals surface area contributed by atoms with Crippen LogP contribution in [-0.4, -0.2) is 31.3 Å². The van der Waals surface area contributed by atoms with E-state index in [2.05, 4.69) is 25.6 Å². The molecule has 0 bridgehead atoms. The third-order valence-corrected chi connectivity index (χ3v) is 5.38. The highest BCUT2D eigenvalue weighted by molar-refractivity contribution is 9.10. The molecule has 0 spiro atoms. The van der Waals surface area contributed by atoms with Gasteiger partial charge in [0.05, 0.1) is 27.0 Å². The van der Waals surface area contributed by atoms with Gasteiger partial charge in [0.2, 0.25) is 0 Å². The van der Waals surface area contributed by atoms with Crippen LogP contribution in [0.1, 0.15) is 39.8 Å². The molecule has 0 aliphatic rings. The minimum absolute atomic E-state index is 0.204. The molecular weight excluding hydrogens is 416 g/mol. The largest absolute Gasteiger partial charge is 0.414 e. The monoisotopic (exact) mass is 434 g/mol. The summed E-state index contributed by atoms with van der Waals surface area (Å²) in [6, 6.07) is 2.33. The Hall–Kier alpha value is -0.580. The van der Waals surface area contributed by atoms with Gasteiger partial charge in [-0.1, -0.05) is 0 Å². The molecule has 2 N–H and O–H groups in total. The molecule has 1 rings (SSSR count). The number of hydrogen-bond acceptors (Lipinski definition) is 3. The molecule has 0 amide bonds. The molecule has 0 saturated carbocycles. The Kier molecular flexibility index (Phi) is 6.57. The molecule has 4 nitrogen and oxygen atoms in total. The Balaban J connectivity index is 3.35. The maximum Gasteiger partial charge on any atom is 0.414 e. The number of alkyl halides is 3. The zero-order valence-corrected chi connectivity index (χ0v) is 15.9. The van der Waals surface area contributed by atoms with E-state index in [-0.39, 0.29) is 10.3 Å². The van der Waals surface area contributed by atoms with E-state index in [4.69, 9.17) is 0 Å². The van der Waals surface area contributed by atoms with Crippen molar-refractivity contribution in [3.63, 3.8) is 0 Å². The number of nitrogens with zero attached hydrogens (tertiary/aromatic N) is 1. The second-order valence-corrected chi connectivity index (χ2v) is 9.32. The Morgan fingerprint density at radius 3 is 2.29 bits per heavy atom. The van der Waals surface area contributed by atoms with Gasteiger partial charge in [0.1, 0.15) is 10.4 Å². The SMILES string of the molecule is CC(C)(C)S(=O)N[C@@](C)(C[C@H](O)C(F)(F)F)c1nc(Br)ccc1F. The molecule has 0 fully saturated rings. The van der Waals surface area contributed by atoms with Crippen LogP contribution in [0.2, 0.25) is 0 Å². The molecule has 24 heavy (non-hydrogen) atoms. The molecule has 0 aromatic carbocycles. The lowest BCUT2D eigenvalue weighted by Crippen LogP contribution is -2.50. The standard InChI is InChI=1S/C14H19BrF4N2O2S/c1-12(2,3)24(23)21-13(4,7-9(22)14(17,18)19)11-8(16)5-6-10(15)20-11/h5-6,9,21-22H,7H2,1-4H3/t9-,13-,24?/m0/s1. The second kappa shape index (κ2) is 7.35. The fraction of sp³-hybridized carbons (Fsp3) is 0.643. The summed E-state index contributed by atoms with van der Waals surface area (Å²) in [4.78, 5) is 3.88. The summed E-state index contributed by atoms with van der Waals surface area (Å²) in [5.41, 5.74) is -2.17. The predicted molar refractivity (Wildman–Crippen MR) is 87.0 cm³/mol. The van der Waals surface area contributed by atoms with Gasteiger partial charge in [-0.3, -0.25) is 0 Å². The van der Waals surface area contributed by atoms with Gasteiger partial charge in [-0.05, 0) is 55.8 Å². The quantitative estimate of drug-likeness (QED) is 0.549. The first-order chi connectivity index (χ1) is 10.7. The number of hydrogen-bond donors (Lipinski definition) is 2. The first kappa shape index (κ1) is 21.5. The fourth-order valence-electron chi connectivity index (χ4n) is 1.85. The average molecular weight is 435 g/mol. The third-order valence-electron chi connectivity index (χ3n) is 3.19. The van der Waals surface area contributed by atoms with E-state index < -0.39 is 45.8 Å². The van der Waals surface area contributed by atoms with Crippen LogP contribution < -0.4 is 4.72 Å². The fourth-order valence-corrected chi connectivity index (χ4v) is 3.06. The van der Waals surface area contributed by atoms with E-state index in [0.29, 0.717) is 0 Å². The summed E-state index contributed by atoms with van der Waals surface area (Å²) in [5, 5.41) is 9.43. The number of aliphatic hydroxyl groups is 1. The van der Waals surface area contributed by atoms with E-state index in [9.17, 15) is 26.9 Å². The van der Waals surface area contributed by atoms with Crippen LogP contribution in [-0.2, 0) is 16.5 Å². The van der Waals surface area contributed by atoms with Crippen LogP contribution in [0.3, 0.4) is 0 Å². The minimum Gasteiger partial charge on any atom is -0.384 e. The Morgan fingerprint density at radius 2 is 1.83 bits per heavy atom. The molecule has 0 saturated heterocycles. The van der Waals surface area contributed by atoms with Gasteiger partial charge in [-0.15, -0.1) is 0 Å². The Bertz CT molecular complexity index is 622. The molecule has 3 atom stereocenters. The summed E-state index contributed by atoms with van der Waals surface area (Å²) >= 11 is 3.03. The number of aromatic nitrogens is 1. The topological polar surface area (TPSA) is 62.2 Å². The summed E-state index contributed by atoms with van der Waals surface area (Å²) < 4.78 is 66.7. The number of halogens is 5. The van der Waals surface area contributed by atoms with Gasteiger partial charge in [-0.25, -0.2) is 18.3 Å². The normalized spacial score (nSPS) is 18.1. The maximum atomic E-state index is 14.2.